The summed E-state index contributed by atoms with van der Waals surface area (Å²) in [6.45, 7) is 8.76. The van der Waals surface area contributed by atoms with Gasteiger partial charge in [0.2, 0.25) is 0 Å². The average Bonchev–Trinajstić information content (AvgIpc) is 2.99. The van der Waals surface area contributed by atoms with Gasteiger partial charge in [0.1, 0.15) is 0 Å². The lowest BCUT2D eigenvalue weighted by Crippen LogP contribution is -2.05. The number of nitrogens with zero attached hydrogens (tertiary/aromatic N) is 2. The van der Waals surface area contributed by atoms with Gasteiger partial charge in [-0.2, -0.15) is 0 Å². The smallest absolute Gasteiger partial charge is 0.0636 e. The predicted molar refractivity (Wildman–Crippen MR) is 121 cm³/mol. The van der Waals surface area contributed by atoms with Crippen LogP contribution in [0.2, 0.25) is 0 Å². The second-order valence-corrected chi connectivity index (χ2v) is 7.39. The zero-order chi connectivity index (χ0) is 19.7. The van der Waals surface area contributed by atoms with Gasteiger partial charge in [-0.3, -0.25) is 4.99 Å². The fourth-order valence-electron chi connectivity index (χ4n) is 3.99. The number of aryl methyl sites for hydroxylation is 3. The number of fused-ring (bicyclic) bond motifs is 1. The van der Waals surface area contributed by atoms with Gasteiger partial charge < -0.3 is 4.57 Å². The molecule has 0 saturated heterocycles. The van der Waals surface area contributed by atoms with Crippen molar-refractivity contribution >= 4 is 22.7 Å². The molecule has 0 fully saturated rings. The van der Waals surface area contributed by atoms with E-state index in [1.807, 2.05) is 6.21 Å². The summed E-state index contributed by atoms with van der Waals surface area (Å²) in [5.41, 5.74) is 8.60. The van der Waals surface area contributed by atoms with Crippen molar-refractivity contribution < 1.29 is 0 Å². The topological polar surface area (TPSA) is 17.3 Å². The van der Waals surface area contributed by atoms with Gasteiger partial charge in [-0.1, -0.05) is 55.5 Å². The second kappa shape index (κ2) is 7.47. The first-order valence-electron chi connectivity index (χ1n) is 9.89. The molecule has 0 amide bonds. The molecular formula is C26H26N2. The Morgan fingerprint density at radius 3 is 2.43 bits per heavy atom. The Morgan fingerprint density at radius 1 is 0.857 bits per heavy atom. The van der Waals surface area contributed by atoms with E-state index in [9.17, 15) is 0 Å². The molecule has 0 bridgehead atoms. The minimum Gasteiger partial charge on any atom is -0.317 e. The van der Waals surface area contributed by atoms with E-state index in [2.05, 4.69) is 99.0 Å². The van der Waals surface area contributed by atoms with Gasteiger partial charge in [-0.05, 0) is 67.3 Å². The molecule has 0 aliphatic carbocycles. The maximum Gasteiger partial charge on any atom is 0.0636 e. The van der Waals surface area contributed by atoms with Crippen LogP contribution >= 0.6 is 0 Å². The molecule has 1 heterocycles. The van der Waals surface area contributed by atoms with Gasteiger partial charge in [0.15, 0.2) is 0 Å². The number of rotatable bonds is 4. The zero-order valence-corrected chi connectivity index (χ0v) is 17.0. The van der Waals surface area contributed by atoms with Crippen molar-refractivity contribution in [2.45, 2.75) is 34.1 Å². The Morgan fingerprint density at radius 2 is 1.64 bits per heavy atom. The molecule has 2 nitrogen and oxygen atoms in total. The van der Waals surface area contributed by atoms with E-state index in [4.69, 9.17) is 4.99 Å². The Bertz CT molecular complexity index is 1180. The minimum absolute atomic E-state index is 0.980. The van der Waals surface area contributed by atoms with Crippen LogP contribution in [0.15, 0.2) is 71.7 Å². The normalized spacial score (nSPS) is 11.6. The van der Waals surface area contributed by atoms with Crippen LogP contribution in [0.5, 0.6) is 0 Å². The van der Waals surface area contributed by atoms with E-state index in [-0.39, 0.29) is 0 Å². The van der Waals surface area contributed by atoms with Gasteiger partial charge in [0.25, 0.3) is 0 Å². The van der Waals surface area contributed by atoms with Crippen molar-refractivity contribution in [1.82, 2.24) is 4.57 Å². The minimum atomic E-state index is 0.980. The van der Waals surface area contributed by atoms with Crippen molar-refractivity contribution in [3.05, 3.63) is 94.8 Å². The molecule has 4 aromatic rings. The standard InChI is InChI=1S/C26H26N2/c1-5-21-12-8-9-18(2)26(21)28-19(3)15-24(20(28)4)17-27-25-14-13-22-10-6-7-11-23(22)16-25/h6-17H,5H2,1-4H3. The van der Waals surface area contributed by atoms with Gasteiger partial charge >= 0.3 is 0 Å². The first-order chi connectivity index (χ1) is 13.6. The summed E-state index contributed by atoms with van der Waals surface area (Å²) in [5.74, 6) is 0. The van der Waals surface area contributed by atoms with E-state index in [1.54, 1.807) is 0 Å². The van der Waals surface area contributed by atoms with Gasteiger partial charge in [-0.15, -0.1) is 0 Å². The molecule has 0 aliphatic heterocycles. The number of aromatic nitrogens is 1. The third-order valence-corrected chi connectivity index (χ3v) is 5.48. The SMILES string of the molecule is CCc1cccc(C)c1-n1c(C)cc(C=Nc2ccc3ccccc3c2)c1C. The van der Waals surface area contributed by atoms with Gasteiger partial charge in [0.05, 0.1) is 11.4 Å². The highest BCUT2D eigenvalue weighted by molar-refractivity contribution is 5.88. The summed E-state index contributed by atoms with van der Waals surface area (Å²) in [7, 11) is 0. The highest BCUT2D eigenvalue weighted by atomic mass is 15.0. The summed E-state index contributed by atoms with van der Waals surface area (Å²) in [6, 6.07) is 23.5. The summed E-state index contributed by atoms with van der Waals surface area (Å²) in [4.78, 5) is 4.76. The molecule has 0 radical (unpaired) electrons. The zero-order valence-electron chi connectivity index (χ0n) is 17.0. The average molecular weight is 367 g/mol. The molecule has 28 heavy (non-hydrogen) atoms. The molecule has 1 aromatic heterocycles. The monoisotopic (exact) mass is 366 g/mol. The van der Waals surface area contributed by atoms with Crippen LogP contribution in [0.25, 0.3) is 16.5 Å². The molecule has 0 atom stereocenters. The van der Waals surface area contributed by atoms with Crippen LogP contribution in [0.4, 0.5) is 5.69 Å². The molecule has 0 saturated carbocycles. The number of aliphatic imine (C=N–C) groups is 1. The number of para-hydroxylation sites is 1. The summed E-state index contributed by atoms with van der Waals surface area (Å²) in [6.07, 6.45) is 3.02. The quantitative estimate of drug-likeness (QED) is 0.351. The van der Waals surface area contributed by atoms with Crippen LogP contribution in [0.1, 0.15) is 35.0 Å². The van der Waals surface area contributed by atoms with Gasteiger partial charge in [0, 0.05) is 23.2 Å². The van der Waals surface area contributed by atoms with Crippen molar-refractivity contribution in [2.75, 3.05) is 0 Å². The number of hydrogen-bond acceptors (Lipinski definition) is 1. The van der Waals surface area contributed by atoms with Crippen LogP contribution in [-0.2, 0) is 6.42 Å². The number of benzene rings is 3. The molecular weight excluding hydrogens is 340 g/mol. The lowest BCUT2D eigenvalue weighted by molar-refractivity contribution is 0.926. The Balaban J connectivity index is 1.74. The van der Waals surface area contributed by atoms with Crippen molar-refractivity contribution in [3.8, 4) is 5.69 Å². The predicted octanol–water partition coefficient (Wildman–Crippen LogP) is 6.87. The van der Waals surface area contributed by atoms with E-state index >= 15 is 0 Å². The van der Waals surface area contributed by atoms with Crippen molar-refractivity contribution in [2.24, 2.45) is 4.99 Å². The van der Waals surface area contributed by atoms with Crippen LogP contribution in [0, 0.1) is 20.8 Å². The summed E-state index contributed by atoms with van der Waals surface area (Å²) >= 11 is 0. The number of hydrogen-bond donors (Lipinski definition) is 0. The molecule has 4 rings (SSSR count). The molecule has 3 aromatic carbocycles. The highest BCUT2D eigenvalue weighted by Crippen LogP contribution is 2.27. The fourth-order valence-corrected chi connectivity index (χ4v) is 3.99. The third kappa shape index (κ3) is 3.27. The lowest BCUT2D eigenvalue weighted by atomic mass is 10.1. The molecule has 0 aliphatic rings. The summed E-state index contributed by atoms with van der Waals surface area (Å²) < 4.78 is 2.37. The maximum absolute atomic E-state index is 4.76. The molecule has 140 valence electrons. The van der Waals surface area contributed by atoms with Crippen LogP contribution in [0.3, 0.4) is 0 Å². The second-order valence-electron chi connectivity index (χ2n) is 7.39. The van der Waals surface area contributed by atoms with Crippen molar-refractivity contribution in [3.63, 3.8) is 0 Å². The largest absolute Gasteiger partial charge is 0.317 e. The van der Waals surface area contributed by atoms with Crippen molar-refractivity contribution in [1.29, 1.82) is 0 Å². The molecule has 0 unspecified atom stereocenters. The Kier molecular flexibility index (Phi) is 4.87. The van der Waals surface area contributed by atoms with Gasteiger partial charge in [-0.25, -0.2) is 0 Å². The molecule has 2 heteroatoms. The van der Waals surface area contributed by atoms with E-state index in [0.717, 1.165) is 17.7 Å². The Hall–Kier alpha value is -3.13. The Labute approximate surface area is 167 Å². The van der Waals surface area contributed by atoms with E-state index < -0.39 is 0 Å². The molecule has 0 N–H and O–H groups in total. The molecule has 0 spiro atoms. The van der Waals surface area contributed by atoms with Crippen LogP contribution in [-0.4, -0.2) is 10.8 Å². The third-order valence-electron chi connectivity index (χ3n) is 5.48. The first-order valence-corrected chi connectivity index (χ1v) is 9.89. The fraction of sp³-hybridized carbons (Fsp3) is 0.192. The first kappa shape index (κ1) is 18.2. The van der Waals surface area contributed by atoms with E-state index in [1.165, 1.54) is 39.0 Å². The maximum atomic E-state index is 4.76. The van der Waals surface area contributed by atoms with Crippen LogP contribution < -0.4 is 0 Å². The lowest BCUT2D eigenvalue weighted by Gasteiger charge is -2.17. The highest BCUT2D eigenvalue weighted by Gasteiger charge is 2.14. The summed E-state index contributed by atoms with van der Waals surface area (Å²) in [5, 5.41) is 2.46. The van der Waals surface area contributed by atoms with E-state index in [0.29, 0.717) is 0 Å².